The van der Waals surface area contributed by atoms with Crippen LogP contribution in [0.5, 0.6) is 0 Å². The average molecular weight is 141 g/mol. The lowest BCUT2D eigenvalue weighted by molar-refractivity contribution is 0.403. The van der Waals surface area contributed by atoms with E-state index in [1.807, 2.05) is 0 Å². The first-order valence-corrected chi connectivity index (χ1v) is 4.53. The van der Waals surface area contributed by atoms with E-state index >= 15 is 0 Å². The Labute approximate surface area is 64.0 Å². The van der Waals surface area contributed by atoms with Crippen molar-refractivity contribution < 1.29 is 0 Å². The predicted octanol–water partition coefficient (Wildman–Crippen LogP) is 2.16. The van der Waals surface area contributed by atoms with Crippen molar-refractivity contribution >= 4 is 0 Å². The van der Waals surface area contributed by atoms with E-state index < -0.39 is 0 Å². The molecule has 0 aromatic carbocycles. The van der Waals surface area contributed by atoms with Crippen molar-refractivity contribution in [2.75, 3.05) is 6.54 Å². The second-order valence-corrected chi connectivity index (χ2v) is 3.73. The summed E-state index contributed by atoms with van der Waals surface area (Å²) in [5, 5.41) is 0. The van der Waals surface area contributed by atoms with E-state index in [9.17, 15) is 0 Å². The van der Waals surface area contributed by atoms with Crippen molar-refractivity contribution in [1.82, 2.24) is 0 Å². The van der Waals surface area contributed by atoms with E-state index in [4.69, 9.17) is 5.73 Å². The van der Waals surface area contributed by atoms with Gasteiger partial charge in [-0.3, -0.25) is 0 Å². The molecule has 0 unspecified atom stereocenters. The van der Waals surface area contributed by atoms with E-state index in [1.165, 1.54) is 32.1 Å². The van der Waals surface area contributed by atoms with Crippen molar-refractivity contribution in [1.29, 1.82) is 0 Å². The molecule has 0 bridgehead atoms. The summed E-state index contributed by atoms with van der Waals surface area (Å²) in [5.74, 6) is 1.77. The Bertz CT molecular complexity index is 84.7. The lowest BCUT2D eigenvalue weighted by atomic mass is 9.95. The summed E-state index contributed by atoms with van der Waals surface area (Å²) in [6.07, 6.45) is 7.22. The van der Waals surface area contributed by atoms with Gasteiger partial charge in [0.05, 0.1) is 0 Å². The van der Waals surface area contributed by atoms with Crippen LogP contribution in [0.1, 0.15) is 39.0 Å². The Kier molecular flexibility index (Phi) is 3.20. The van der Waals surface area contributed by atoms with Crippen LogP contribution in [0.3, 0.4) is 0 Å². The van der Waals surface area contributed by atoms with Gasteiger partial charge in [0.2, 0.25) is 0 Å². The lowest BCUT2D eigenvalue weighted by Gasteiger charge is -2.13. The van der Waals surface area contributed by atoms with Gasteiger partial charge in [-0.15, -0.1) is 0 Å². The quantitative estimate of drug-likeness (QED) is 0.640. The molecule has 1 nitrogen and oxygen atoms in total. The first-order chi connectivity index (χ1) is 4.83. The molecule has 1 saturated carbocycles. The van der Waals surface area contributed by atoms with Crippen LogP contribution in [0, 0.1) is 11.8 Å². The molecule has 60 valence electrons. The molecule has 1 aliphatic carbocycles. The molecule has 0 aliphatic heterocycles. The molecule has 1 rings (SSSR count). The molecule has 1 fully saturated rings. The highest BCUT2D eigenvalue weighted by Gasteiger charge is 2.16. The zero-order valence-electron chi connectivity index (χ0n) is 6.97. The van der Waals surface area contributed by atoms with Gasteiger partial charge in [-0.25, -0.2) is 0 Å². The highest BCUT2D eigenvalue weighted by Crippen LogP contribution is 2.29. The van der Waals surface area contributed by atoms with Crippen molar-refractivity contribution in [2.45, 2.75) is 39.0 Å². The Morgan fingerprint density at radius 2 is 2.00 bits per heavy atom. The summed E-state index contributed by atoms with van der Waals surface area (Å²) in [7, 11) is 0. The van der Waals surface area contributed by atoms with E-state index in [0.717, 1.165) is 18.4 Å². The molecule has 2 N–H and O–H groups in total. The van der Waals surface area contributed by atoms with Crippen LogP contribution in [0.2, 0.25) is 0 Å². The largest absolute Gasteiger partial charge is 0.330 e. The van der Waals surface area contributed by atoms with Crippen LogP contribution < -0.4 is 5.73 Å². The number of hydrogen-bond acceptors (Lipinski definition) is 1. The predicted molar refractivity (Wildman–Crippen MR) is 44.8 cm³/mol. The maximum atomic E-state index is 5.55. The Balaban J connectivity index is 2.11. The third-order valence-electron chi connectivity index (χ3n) is 2.61. The molecular weight excluding hydrogens is 122 g/mol. The van der Waals surface area contributed by atoms with E-state index in [1.54, 1.807) is 0 Å². The van der Waals surface area contributed by atoms with Crippen LogP contribution in [-0.2, 0) is 0 Å². The van der Waals surface area contributed by atoms with Crippen molar-refractivity contribution in [2.24, 2.45) is 17.6 Å². The lowest BCUT2D eigenvalue weighted by Crippen LogP contribution is -2.13. The minimum absolute atomic E-state index is 0.753. The van der Waals surface area contributed by atoms with Gasteiger partial charge in [-0.1, -0.05) is 32.6 Å². The summed E-state index contributed by atoms with van der Waals surface area (Å²) in [6, 6.07) is 0. The van der Waals surface area contributed by atoms with Gasteiger partial charge < -0.3 is 5.73 Å². The second-order valence-electron chi connectivity index (χ2n) is 3.73. The standard InChI is InChI=1S/C9H19N/c1-8(7-10)6-9-4-2-3-5-9/h8-9H,2-7,10H2,1H3/t8-/m1/s1. The molecule has 10 heavy (non-hydrogen) atoms. The molecular formula is C9H19N. The molecule has 0 spiro atoms. The highest BCUT2D eigenvalue weighted by atomic mass is 14.5. The first kappa shape index (κ1) is 8.06. The van der Waals surface area contributed by atoms with Crippen molar-refractivity contribution in [3.63, 3.8) is 0 Å². The molecule has 0 saturated heterocycles. The average Bonchev–Trinajstić information content (AvgIpc) is 2.40. The molecule has 0 aromatic rings. The van der Waals surface area contributed by atoms with Crippen LogP contribution >= 0.6 is 0 Å². The van der Waals surface area contributed by atoms with Crippen LogP contribution in [0.4, 0.5) is 0 Å². The van der Waals surface area contributed by atoms with E-state index in [-0.39, 0.29) is 0 Å². The maximum absolute atomic E-state index is 5.55. The van der Waals surface area contributed by atoms with Crippen LogP contribution in [-0.4, -0.2) is 6.54 Å². The molecule has 0 amide bonds. The molecule has 1 atom stereocenters. The maximum Gasteiger partial charge on any atom is -0.00514 e. The van der Waals surface area contributed by atoms with Crippen LogP contribution in [0.25, 0.3) is 0 Å². The smallest absolute Gasteiger partial charge is 0.00514 e. The van der Waals surface area contributed by atoms with E-state index in [2.05, 4.69) is 6.92 Å². The monoisotopic (exact) mass is 141 g/mol. The summed E-state index contributed by atoms with van der Waals surface area (Å²) in [5.41, 5.74) is 5.55. The number of hydrogen-bond donors (Lipinski definition) is 1. The molecule has 1 heteroatoms. The third-order valence-corrected chi connectivity index (χ3v) is 2.61. The summed E-state index contributed by atoms with van der Waals surface area (Å²) in [6.45, 7) is 3.13. The summed E-state index contributed by atoms with van der Waals surface area (Å²) in [4.78, 5) is 0. The molecule has 0 aromatic heterocycles. The fourth-order valence-corrected chi connectivity index (χ4v) is 1.91. The van der Waals surface area contributed by atoms with Gasteiger partial charge in [-0.2, -0.15) is 0 Å². The van der Waals surface area contributed by atoms with Crippen LogP contribution in [0.15, 0.2) is 0 Å². The Hall–Kier alpha value is -0.0400. The Morgan fingerprint density at radius 1 is 1.40 bits per heavy atom. The summed E-state index contributed by atoms with van der Waals surface area (Å²) < 4.78 is 0. The van der Waals surface area contributed by atoms with Crippen molar-refractivity contribution in [3.8, 4) is 0 Å². The fourth-order valence-electron chi connectivity index (χ4n) is 1.91. The van der Waals surface area contributed by atoms with Gasteiger partial charge in [0.15, 0.2) is 0 Å². The topological polar surface area (TPSA) is 26.0 Å². The molecule has 0 heterocycles. The number of nitrogens with two attached hydrogens (primary N) is 1. The zero-order chi connectivity index (χ0) is 7.40. The molecule has 0 radical (unpaired) electrons. The molecule has 1 aliphatic rings. The Morgan fingerprint density at radius 3 is 2.50 bits per heavy atom. The third kappa shape index (κ3) is 2.30. The van der Waals surface area contributed by atoms with Gasteiger partial charge in [0.1, 0.15) is 0 Å². The van der Waals surface area contributed by atoms with Gasteiger partial charge in [-0.05, 0) is 24.8 Å². The summed E-state index contributed by atoms with van der Waals surface area (Å²) >= 11 is 0. The SMILES string of the molecule is C[C@@H](CN)CC1CCCC1. The fraction of sp³-hybridized carbons (Fsp3) is 1.00. The van der Waals surface area contributed by atoms with Gasteiger partial charge >= 0.3 is 0 Å². The first-order valence-electron chi connectivity index (χ1n) is 4.53. The van der Waals surface area contributed by atoms with Crippen molar-refractivity contribution in [3.05, 3.63) is 0 Å². The van der Waals surface area contributed by atoms with E-state index in [0.29, 0.717) is 0 Å². The minimum atomic E-state index is 0.753. The normalized spacial score (nSPS) is 23.4. The zero-order valence-corrected chi connectivity index (χ0v) is 6.97. The highest BCUT2D eigenvalue weighted by molar-refractivity contribution is 4.69. The minimum Gasteiger partial charge on any atom is -0.330 e. The van der Waals surface area contributed by atoms with Gasteiger partial charge in [0.25, 0.3) is 0 Å². The van der Waals surface area contributed by atoms with Gasteiger partial charge in [0, 0.05) is 0 Å². The number of rotatable bonds is 3. The second kappa shape index (κ2) is 3.97.